The highest BCUT2D eigenvalue weighted by molar-refractivity contribution is 8.00. The second kappa shape index (κ2) is 7.27. The number of benzene rings is 2. The second-order valence-corrected chi connectivity index (χ2v) is 7.16. The fraction of sp³-hybridized carbons (Fsp3) is 0.118. The maximum Gasteiger partial charge on any atom is 0.210 e. The van der Waals surface area contributed by atoms with Crippen molar-refractivity contribution in [3.8, 4) is 6.07 Å². The summed E-state index contributed by atoms with van der Waals surface area (Å²) >= 11 is 3.18. The first kappa shape index (κ1) is 15.5. The highest BCUT2D eigenvalue weighted by Crippen LogP contribution is 2.29. The number of aromatic nitrogens is 2. The Balaban J connectivity index is 1.58. The molecular formula is C17H14N4S2. The summed E-state index contributed by atoms with van der Waals surface area (Å²) in [5.41, 5.74) is 4.08. The second-order valence-electron chi connectivity index (χ2n) is 4.96. The average molecular weight is 338 g/mol. The average Bonchev–Trinajstić information content (AvgIpc) is 3.03. The summed E-state index contributed by atoms with van der Waals surface area (Å²) in [4.78, 5) is 0. The molecule has 0 saturated carbocycles. The van der Waals surface area contributed by atoms with Crippen LogP contribution in [0, 0.1) is 18.3 Å². The van der Waals surface area contributed by atoms with Crippen molar-refractivity contribution >= 4 is 33.9 Å². The molecular weight excluding hydrogens is 324 g/mol. The minimum Gasteiger partial charge on any atom is -0.330 e. The van der Waals surface area contributed by atoms with Gasteiger partial charge in [0.15, 0.2) is 4.34 Å². The first-order valence-corrected chi connectivity index (χ1v) is 8.82. The summed E-state index contributed by atoms with van der Waals surface area (Å²) in [6.07, 6.45) is 0. The lowest BCUT2D eigenvalue weighted by atomic mass is 10.2. The van der Waals surface area contributed by atoms with Gasteiger partial charge < -0.3 is 5.32 Å². The molecule has 0 aliphatic heterocycles. The zero-order valence-electron chi connectivity index (χ0n) is 12.5. The van der Waals surface area contributed by atoms with Crippen molar-refractivity contribution in [1.29, 1.82) is 5.26 Å². The van der Waals surface area contributed by atoms with E-state index in [1.165, 1.54) is 16.9 Å². The van der Waals surface area contributed by atoms with E-state index in [1.54, 1.807) is 11.8 Å². The lowest BCUT2D eigenvalue weighted by Crippen LogP contribution is -1.88. The Morgan fingerprint density at radius 2 is 1.83 bits per heavy atom. The van der Waals surface area contributed by atoms with Crippen LogP contribution in [0.2, 0.25) is 0 Å². The summed E-state index contributed by atoms with van der Waals surface area (Å²) in [6, 6.07) is 17.9. The van der Waals surface area contributed by atoms with Gasteiger partial charge in [-0.2, -0.15) is 5.26 Å². The van der Waals surface area contributed by atoms with Gasteiger partial charge in [-0.3, -0.25) is 0 Å². The lowest BCUT2D eigenvalue weighted by molar-refractivity contribution is 1.01. The first-order chi connectivity index (χ1) is 11.2. The Hall–Kier alpha value is -2.36. The first-order valence-electron chi connectivity index (χ1n) is 7.02. The number of hydrogen-bond donors (Lipinski definition) is 1. The summed E-state index contributed by atoms with van der Waals surface area (Å²) < 4.78 is 0.920. The molecule has 3 aromatic rings. The van der Waals surface area contributed by atoms with Crippen molar-refractivity contribution in [2.45, 2.75) is 17.0 Å². The monoisotopic (exact) mass is 338 g/mol. The van der Waals surface area contributed by atoms with Gasteiger partial charge in [0.25, 0.3) is 0 Å². The van der Waals surface area contributed by atoms with Crippen molar-refractivity contribution in [2.75, 3.05) is 5.32 Å². The van der Waals surface area contributed by atoms with E-state index in [2.05, 4.69) is 40.6 Å². The van der Waals surface area contributed by atoms with Crippen molar-refractivity contribution in [3.63, 3.8) is 0 Å². The van der Waals surface area contributed by atoms with Crippen LogP contribution in [0.3, 0.4) is 0 Å². The Bertz CT molecular complexity index is 817. The molecule has 0 amide bonds. The molecule has 0 bridgehead atoms. The maximum absolute atomic E-state index is 8.80. The number of nitriles is 1. The van der Waals surface area contributed by atoms with Gasteiger partial charge >= 0.3 is 0 Å². The van der Waals surface area contributed by atoms with E-state index in [0.29, 0.717) is 5.56 Å². The van der Waals surface area contributed by atoms with Crippen LogP contribution in [0.1, 0.15) is 16.7 Å². The fourth-order valence-corrected chi connectivity index (χ4v) is 3.63. The molecule has 0 spiro atoms. The van der Waals surface area contributed by atoms with E-state index in [4.69, 9.17) is 5.26 Å². The van der Waals surface area contributed by atoms with E-state index < -0.39 is 0 Å². The number of hydrogen-bond acceptors (Lipinski definition) is 6. The van der Waals surface area contributed by atoms with Crippen molar-refractivity contribution in [1.82, 2.24) is 10.2 Å². The number of anilines is 2. The van der Waals surface area contributed by atoms with Crippen LogP contribution in [0.4, 0.5) is 10.8 Å². The molecule has 0 aliphatic rings. The van der Waals surface area contributed by atoms with Crippen molar-refractivity contribution in [2.24, 2.45) is 0 Å². The normalized spacial score (nSPS) is 10.3. The molecule has 0 radical (unpaired) electrons. The predicted molar refractivity (Wildman–Crippen MR) is 95.1 cm³/mol. The molecule has 6 heteroatoms. The topological polar surface area (TPSA) is 61.6 Å². The molecule has 0 fully saturated rings. The quantitative estimate of drug-likeness (QED) is 0.680. The molecule has 0 atom stereocenters. The predicted octanol–water partition coefficient (Wildman–Crippen LogP) is 4.75. The van der Waals surface area contributed by atoms with E-state index >= 15 is 0 Å². The molecule has 1 N–H and O–H groups in total. The molecule has 2 aromatic carbocycles. The van der Waals surface area contributed by atoms with Crippen LogP contribution < -0.4 is 5.32 Å². The smallest absolute Gasteiger partial charge is 0.210 e. The standard InChI is InChI=1S/C17H14N4S2/c1-12-2-8-15(9-3-12)19-16-20-21-17(23-16)22-11-14-6-4-13(10-18)5-7-14/h2-9H,11H2,1H3,(H,19,20). The van der Waals surface area contributed by atoms with Gasteiger partial charge in [-0.05, 0) is 36.8 Å². The molecule has 23 heavy (non-hydrogen) atoms. The van der Waals surface area contributed by atoms with Crippen molar-refractivity contribution in [3.05, 3.63) is 65.2 Å². The Morgan fingerprint density at radius 3 is 2.52 bits per heavy atom. The van der Waals surface area contributed by atoms with Gasteiger partial charge in [0.05, 0.1) is 11.6 Å². The van der Waals surface area contributed by atoms with Crippen LogP contribution in [-0.4, -0.2) is 10.2 Å². The van der Waals surface area contributed by atoms with Crippen LogP contribution in [0.15, 0.2) is 52.9 Å². The summed E-state index contributed by atoms with van der Waals surface area (Å²) in [6.45, 7) is 2.06. The zero-order chi connectivity index (χ0) is 16.1. The highest BCUT2D eigenvalue weighted by Gasteiger charge is 2.06. The highest BCUT2D eigenvalue weighted by atomic mass is 32.2. The third-order valence-electron chi connectivity index (χ3n) is 3.15. The number of nitrogens with zero attached hydrogens (tertiary/aromatic N) is 3. The van der Waals surface area contributed by atoms with Gasteiger partial charge in [0.1, 0.15) is 0 Å². The van der Waals surface area contributed by atoms with Crippen LogP contribution in [0.5, 0.6) is 0 Å². The summed E-state index contributed by atoms with van der Waals surface area (Å²) in [7, 11) is 0. The fourth-order valence-electron chi connectivity index (χ4n) is 1.90. The van der Waals surface area contributed by atoms with E-state index in [0.717, 1.165) is 26.5 Å². The van der Waals surface area contributed by atoms with Crippen LogP contribution in [0.25, 0.3) is 0 Å². The van der Waals surface area contributed by atoms with Gasteiger partial charge in [-0.25, -0.2) is 0 Å². The summed E-state index contributed by atoms with van der Waals surface area (Å²) in [5.74, 6) is 0.810. The molecule has 4 nitrogen and oxygen atoms in total. The third-order valence-corrected chi connectivity index (χ3v) is 5.20. The largest absolute Gasteiger partial charge is 0.330 e. The van der Waals surface area contributed by atoms with E-state index in [1.807, 2.05) is 36.4 Å². The number of thioether (sulfide) groups is 1. The third kappa shape index (κ3) is 4.31. The number of nitrogens with one attached hydrogen (secondary N) is 1. The Labute approximate surface area is 143 Å². The minimum atomic E-state index is 0.680. The molecule has 114 valence electrons. The van der Waals surface area contributed by atoms with Crippen LogP contribution >= 0.6 is 23.1 Å². The molecule has 1 aromatic heterocycles. The molecule has 1 heterocycles. The van der Waals surface area contributed by atoms with Gasteiger partial charge in [-0.15, -0.1) is 10.2 Å². The number of aryl methyl sites for hydroxylation is 1. The van der Waals surface area contributed by atoms with Crippen molar-refractivity contribution < 1.29 is 0 Å². The number of rotatable bonds is 5. The summed E-state index contributed by atoms with van der Waals surface area (Å²) in [5, 5.41) is 21.2. The maximum atomic E-state index is 8.80. The van der Waals surface area contributed by atoms with Gasteiger partial charge in [0.2, 0.25) is 5.13 Å². The van der Waals surface area contributed by atoms with Crippen LogP contribution in [-0.2, 0) is 5.75 Å². The Morgan fingerprint density at radius 1 is 1.09 bits per heavy atom. The van der Waals surface area contributed by atoms with E-state index in [9.17, 15) is 0 Å². The minimum absolute atomic E-state index is 0.680. The van der Waals surface area contributed by atoms with Gasteiger partial charge in [-0.1, -0.05) is 52.9 Å². The Kier molecular flexibility index (Phi) is 4.91. The lowest BCUT2D eigenvalue weighted by Gasteiger charge is -2.01. The van der Waals surface area contributed by atoms with E-state index in [-0.39, 0.29) is 0 Å². The van der Waals surface area contributed by atoms with Gasteiger partial charge in [0, 0.05) is 11.4 Å². The molecule has 0 saturated heterocycles. The molecule has 0 aliphatic carbocycles. The molecule has 0 unspecified atom stereocenters. The molecule has 3 rings (SSSR count). The SMILES string of the molecule is Cc1ccc(Nc2nnc(SCc3ccc(C#N)cc3)s2)cc1. The zero-order valence-corrected chi connectivity index (χ0v) is 14.1.